The molecule has 1 aromatic rings. The zero-order valence-electron chi connectivity index (χ0n) is 16.5. The fraction of sp³-hybridized carbons (Fsp3) is 0.667. The van der Waals surface area contributed by atoms with Crippen LogP contribution in [-0.2, 0) is 13.7 Å². The Bertz CT molecular complexity index is 570. The molecule has 0 aromatic heterocycles. The van der Waals surface area contributed by atoms with Gasteiger partial charge in [-0.25, -0.2) is 9.13 Å². The summed E-state index contributed by atoms with van der Waals surface area (Å²) < 4.78 is 29.3. The molecular weight excluding hydrogens is 406 g/mol. The summed E-state index contributed by atoms with van der Waals surface area (Å²) in [7, 11) is -8.63. The van der Waals surface area contributed by atoms with E-state index in [0.29, 0.717) is 0 Å². The molecule has 0 radical (unpaired) electrons. The largest absolute Gasteiger partial charge is 0.524 e. The summed E-state index contributed by atoms with van der Waals surface area (Å²) in [5.41, 5.74) is 0. The van der Waals surface area contributed by atoms with Crippen LogP contribution in [0.15, 0.2) is 30.3 Å². The fourth-order valence-corrected chi connectivity index (χ4v) is 3.15. The normalized spacial score (nSPS) is 11.6. The Kier molecular flexibility index (Phi) is 15.7. The van der Waals surface area contributed by atoms with E-state index in [0.717, 1.165) is 19.3 Å². The van der Waals surface area contributed by atoms with Crippen molar-refractivity contribution in [2.24, 2.45) is 0 Å². The predicted octanol–water partition coefficient (Wildman–Crippen LogP) is 5.17. The Balaban J connectivity index is 0.000000567. The highest BCUT2D eigenvalue weighted by Crippen LogP contribution is 2.37. The maximum absolute atomic E-state index is 10.4. The Hall–Kier alpha value is -0.720. The summed E-state index contributed by atoms with van der Waals surface area (Å²) in [5.74, 6) is 0.167. The van der Waals surface area contributed by atoms with Gasteiger partial charge >= 0.3 is 15.6 Å². The number of para-hydroxylation sites is 1. The Labute approximate surface area is 167 Å². The van der Waals surface area contributed by atoms with Crippen molar-refractivity contribution in [2.45, 2.75) is 71.1 Å². The van der Waals surface area contributed by atoms with Crippen molar-refractivity contribution in [1.29, 1.82) is 0 Å². The SMILES string of the molecule is CCCCCCCCCCCCOP(=O)(O)O.O=P(O)(O)Oc1ccccc1. The van der Waals surface area contributed by atoms with Crippen molar-refractivity contribution in [1.82, 2.24) is 0 Å². The minimum atomic E-state index is -4.39. The average Bonchev–Trinajstić information content (AvgIpc) is 2.59. The Morgan fingerprint density at radius 3 is 1.61 bits per heavy atom. The van der Waals surface area contributed by atoms with Gasteiger partial charge in [0.15, 0.2) is 0 Å². The van der Waals surface area contributed by atoms with Crippen molar-refractivity contribution < 1.29 is 37.8 Å². The number of hydrogen-bond donors (Lipinski definition) is 4. The molecule has 1 aromatic carbocycles. The van der Waals surface area contributed by atoms with Crippen LogP contribution >= 0.6 is 15.6 Å². The second-order valence-corrected chi connectivity index (χ2v) is 8.80. The van der Waals surface area contributed by atoms with E-state index in [4.69, 9.17) is 19.6 Å². The number of phosphoric acid groups is 2. The van der Waals surface area contributed by atoms with Crippen LogP contribution in [0.2, 0.25) is 0 Å². The molecule has 164 valence electrons. The van der Waals surface area contributed by atoms with Crippen LogP contribution in [0.1, 0.15) is 71.1 Å². The number of benzene rings is 1. The van der Waals surface area contributed by atoms with Crippen molar-refractivity contribution in [3.8, 4) is 5.75 Å². The predicted molar refractivity (Wildman–Crippen MR) is 109 cm³/mol. The first-order chi connectivity index (χ1) is 13.1. The molecule has 28 heavy (non-hydrogen) atoms. The van der Waals surface area contributed by atoms with E-state index in [9.17, 15) is 9.13 Å². The summed E-state index contributed by atoms with van der Waals surface area (Å²) in [6.45, 7) is 2.39. The monoisotopic (exact) mass is 440 g/mol. The molecule has 0 saturated heterocycles. The van der Waals surface area contributed by atoms with Crippen LogP contribution in [-0.4, -0.2) is 26.2 Å². The van der Waals surface area contributed by atoms with Gasteiger partial charge in [-0.15, -0.1) is 0 Å². The first-order valence-corrected chi connectivity index (χ1v) is 12.7. The topological polar surface area (TPSA) is 134 Å². The zero-order valence-corrected chi connectivity index (χ0v) is 18.3. The number of phosphoric ester groups is 2. The van der Waals surface area contributed by atoms with Crippen molar-refractivity contribution in [2.75, 3.05) is 6.61 Å². The quantitative estimate of drug-likeness (QED) is 0.230. The third-order valence-electron chi connectivity index (χ3n) is 3.72. The summed E-state index contributed by atoms with van der Waals surface area (Å²) in [6.07, 6.45) is 12.0. The van der Waals surface area contributed by atoms with Gasteiger partial charge in [-0.2, -0.15) is 0 Å². The van der Waals surface area contributed by atoms with Gasteiger partial charge in [0.2, 0.25) is 0 Å². The summed E-state index contributed by atoms with van der Waals surface area (Å²) in [4.78, 5) is 33.6. The lowest BCUT2D eigenvalue weighted by molar-refractivity contribution is 0.193. The minimum Gasteiger partial charge on any atom is -0.404 e. The van der Waals surface area contributed by atoms with Gasteiger partial charge in [-0.05, 0) is 18.6 Å². The first kappa shape index (κ1) is 27.3. The van der Waals surface area contributed by atoms with Crippen LogP contribution in [0.5, 0.6) is 5.75 Å². The summed E-state index contributed by atoms with van der Waals surface area (Å²) >= 11 is 0. The van der Waals surface area contributed by atoms with Crippen molar-refractivity contribution in [3.05, 3.63) is 30.3 Å². The lowest BCUT2D eigenvalue weighted by Gasteiger charge is -2.05. The second kappa shape index (κ2) is 16.1. The first-order valence-electron chi connectivity index (χ1n) is 9.64. The molecule has 0 unspecified atom stereocenters. The number of rotatable bonds is 14. The summed E-state index contributed by atoms with van der Waals surface area (Å²) in [5, 5.41) is 0. The van der Waals surface area contributed by atoms with Crippen LogP contribution in [0.25, 0.3) is 0 Å². The van der Waals surface area contributed by atoms with E-state index in [2.05, 4.69) is 16.0 Å². The molecule has 0 bridgehead atoms. The van der Waals surface area contributed by atoms with Gasteiger partial charge in [0.25, 0.3) is 0 Å². The molecule has 8 nitrogen and oxygen atoms in total. The van der Waals surface area contributed by atoms with E-state index >= 15 is 0 Å². The molecule has 0 amide bonds. The standard InChI is InChI=1S/C12H27O4P.C6H7O4P/c1-2-3-4-5-6-7-8-9-10-11-12-16-17(13,14)15;7-11(8,9)10-6-4-2-1-3-5-6/h2-12H2,1H3,(H2,13,14,15);1-5H,(H2,7,8,9). The average molecular weight is 440 g/mol. The van der Waals surface area contributed by atoms with Gasteiger partial charge < -0.3 is 14.3 Å². The van der Waals surface area contributed by atoms with Gasteiger partial charge in [-0.3, -0.25) is 14.3 Å². The highest BCUT2D eigenvalue weighted by molar-refractivity contribution is 7.46. The molecule has 0 aliphatic carbocycles. The van der Waals surface area contributed by atoms with Gasteiger partial charge in [0.05, 0.1) is 6.61 Å². The molecular formula is C18H34O8P2. The maximum atomic E-state index is 10.4. The molecule has 0 aliphatic rings. The van der Waals surface area contributed by atoms with E-state index in [1.807, 2.05) is 0 Å². The third-order valence-corrected chi connectivity index (χ3v) is 4.69. The van der Waals surface area contributed by atoms with Crippen LogP contribution < -0.4 is 4.52 Å². The molecule has 0 spiro atoms. The fourth-order valence-electron chi connectivity index (χ4n) is 2.39. The van der Waals surface area contributed by atoms with E-state index < -0.39 is 15.6 Å². The molecule has 0 heterocycles. The lowest BCUT2D eigenvalue weighted by atomic mass is 10.1. The number of hydrogen-bond acceptors (Lipinski definition) is 4. The molecule has 10 heteroatoms. The highest BCUT2D eigenvalue weighted by atomic mass is 31.2. The minimum absolute atomic E-state index is 0.167. The highest BCUT2D eigenvalue weighted by Gasteiger charge is 2.14. The Morgan fingerprint density at radius 1 is 0.714 bits per heavy atom. The lowest BCUT2D eigenvalue weighted by Crippen LogP contribution is -1.92. The molecule has 0 atom stereocenters. The Morgan fingerprint density at radius 2 is 1.18 bits per heavy atom. The zero-order chi connectivity index (χ0) is 21.3. The van der Waals surface area contributed by atoms with Crippen LogP contribution in [0.4, 0.5) is 0 Å². The van der Waals surface area contributed by atoms with Crippen LogP contribution in [0, 0.1) is 0 Å². The number of unbranched alkanes of at least 4 members (excludes halogenated alkanes) is 9. The molecule has 1 rings (SSSR count). The maximum Gasteiger partial charge on any atom is 0.524 e. The van der Waals surface area contributed by atoms with Gasteiger partial charge in [0.1, 0.15) is 5.75 Å². The van der Waals surface area contributed by atoms with Crippen molar-refractivity contribution >= 4 is 15.6 Å². The van der Waals surface area contributed by atoms with E-state index in [-0.39, 0.29) is 12.4 Å². The van der Waals surface area contributed by atoms with E-state index in [1.165, 1.54) is 57.1 Å². The molecule has 0 saturated carbocycles. The summed E-state index contributed by atoms with van der Waals surface area (Å²) in [6, 6.07) is 7.93. The molecule has 0 aliphatic heterocycles. The molecule has 4 N–H and O–H groups in total. The van der Waals surface area contributed by atoms with Gasteiger partial charge in [-0.1, -0.05) is 82.9 Å². The second-order valence-electron chi connectivity index (χ2n) is 6.40. The third kappa shape index (κ3) is 21.6. The smallest absolute Gasteiger partial charge is 0.404 e. The van der Waals surface area contributed by atoms with E-state index in [1.54, 1.807) is 18.2 Å². The van der Waals surface area contributed by atoms with Gasteiger partial charge in [0, 0.05) is 0 Å². The van der Waals surface area contributed by atoms with Crippen LogP contribution in [0.3, 0.4) is 0 Å². The molecule has 0 fully saturated rings. The van der Waals surface area contributed by atoms with Crippen molar-refractivity contribution in [3.63, 3.8) is 0 Å².